The highest BCUT2D eigenvalue weighted by atomic mass is 35.5. The maximum Gasteiger partial charge on any atom is 0.0931 e. The molecule has 0 bridgehead atoms. The highest BCUT2D eigenvalue weighted by Crippen LogP contribution is 2.22. The van der Waals surface area contributed by atoms with E-state index >= 15 is 0 Å². The minimum atomic E-state index is 0.441. The van der Waals surface area contributed by atoms with Crippen LogP contribution < -0.4 is 5.32 Å². The third-order valence-corrected chi connectivity index (χ3v) is 4.57. The van der Waals surface area contributed by atoms with Crippen LogP contribution in [0, 0.1) is 6.92 Å². The first-order chi connectivity index (χ1) is 9.19. The van der Waals surface area contributed by atoms with Crippen LogP contribution in [0.2, 0.25) is 4.34 Å². The van der Waals surface area contributed by atoms with Gasteiger partial charge in [0.1, 0.15) is 0 Å². The molecule has 0 aliphatic rings. The van der Waals surface area contributed by atoms with Gasteiger partial charge in [-0.2, -0.15) is 0 Å². The summed E-state index contributed by atoms with van der Waals surface area (Å²) in [5.41, 5.74) is 2.68. The number of benzene rings is 1. The molecule has 1 nitrogen and oxygen atoms in total. The number of halogens is 1. The number of hydrogen-bond donors (Lipinski definition) is 1. The van der Waals surface area contributed by atoms with Crippen LogP contribution >= 0.6 is 22.9 Å². The average molecular weight is 294 g/mol. The number of hydrogen-bond acceptors (Lipinski definition) is 2. The van der Waals surface area contributed by atoms with E-state index in [-0.39, 0.29) is 0 Å². The lowest BCUT2D eigenvalue weighted by Gasteiger charge is -2.17. The predicted molar refractivity (Wildman–Crippen MR) is 85.2 cm³/mol. The molecule has 0 radical (unpaired) electrons. The van der Waals surface area contributed by atoms with Crippen molar-refractivity contribution in [3.05, 3.63) is 56.7 Å². The van der Waals surface area contributed by atoms with Crippen molar-refractivity contribution < 1.29 is 0 Å². The minimum absolute atomic E-state index is 0.441. The van der Waals surface area contributed by atoms with E-state index in [1.807, 2.05) is 6.07 Å². The molecule has 0 saturated carbocycles. The topological polar surface area (TPSA) is 12.0 Å². The zero-order chi connectivity index (χ0) is 13.7. The summed E-state index contributed by atoms with van der Waals surface area (Å²) in [6.45, 7) is 5.33. The lowest BCUT2D eigenvalue weighted by atomic mass is 10.0. The Morgan fingerprint density at radius 2 is 1.89 bits per heavy atom. The largest absolute Gasteiger partial charge is 0.310 e. The Balaban J connectivity index is 1.87. The lowest BCUT2D eigenvalue weighted by molar-refractivity contribution is 0.524. The van der Waals surface area contributed by atoms with Gasteiger partial charge in [0.15, 0.2) is 0 Å². The molecule has 2 rings (SSSR count). The molecule has 2 aromatic rings. The van der Waals surface area contributed by atoms with Gasteiger partial charge in [-0.15, -0.1) is 11.3 Å². The van der Waals surface area contributed by atoms with E-state index in [0.29, 0.717) is 6.04 Å². The molecule has 102 valence electrons. The summed E-state index contributed by atoms with van der Waals surface area (Å²) in [7, 11) is 0. The molecule has 0 spiro atoms. The van der Waals surface area contributed by atoms with Crippen molar-refractivity contribution in [3.63, 3.8) is 0 Å². The first-order valence-electron chi connectivity index (χ1n) is 6.73. The number of nitrogens with one attached hydrogen (secondary N) is 1. The molecular formula is C16H20ClNS. The molecule has 0 amide bonds. The van der Waals surface area contributed by atoms with Crippen LogP contribution in [0.5, 0.6) is 0 Å². The zero-order valence-electron chi connectivity index (χ0n) is 11.4. The van der Waals surface area contributed by atoms with Gasteiger partial charge in [-0.3, -0.25) is 0 Å². The van der Waals surface area contributed by atoms with Crippen molar-refractivity contribution in [1.29, 1.82) is 0 Å². The van der Waals surface area contributed by atoms with Gasteiger partial charge >= 0.3 is 0 Å². The molecule has 1 aromatic carbocycles. The van der Waals surface area contributed by atoms with E-state index in [1.54, 1.807) is 11.3 Å². The van der Waals surface area contributed by atoms with Crippen LogP contribution in [-0.2, 0) is 6.42 Å². The van der Waals surface area contributed by atoms with Crippen molar-refractivity contribution in [2.75, 3.05) is 6.54 Å². The van der Waals surface area contributed by atoms with Crippen LogP contribution in [0.1, 0.15) is 35.4 Å². The summed E-state index contributed by atoms with van der Waals surface area (Å²) >= 11 is 7.61. The molecule has 0 aliphatic carbocycles. The fourth-order valence-corrected chi connectivity index (χ4v) is 3.24. The van der Waals surface area contributed by atoms with E-state index in [9.17, 15) is 0 Å². The highest BCUT2D eigenvalue weighted by Gasteiger charge is 2.08. The zero-order valence-corrected chi connectivity index (χ0v) is 13.0. The Morgan fingerprint density at radius 1 is 1.16 bits per heavy atom. The second kappa shape index (κ2) is 7.09. The standard InChI is InChI=1S/C16H20ClNS/c1-3-15(13-6-4-12(2)5-7-13)18-11-10-14-8-9-16(17)19-14/h4-9,15,18H,3,10-11H2,1-2H3. The Bertz CT molecular complexity index is 504. The Morgan fingerprint density at radius 3 is 2.47 bits per heavy atom. The van der Waals surface area contributed by atoms with Crippen molar-refractivity contribution in [2.45, 2.75) is 32.7 Å². The maximum absolute atomic E-state index is 5.94. The van der Waals surface area contributed by atoms with E-state index < -0.39 is 0 Å². The van der Waals surface area contributed by atoms with E-state index in [2.05, 4.69) is 49.5 Å². The summed E-state index contributed by atoms with van der Waals surface area (Å²) in [5.74, 6) is 0. The molecule has 1 unspecified atom stereocenters. The predicted octanol–water partition coefficient (Wildman–Crippen LogP) is 4.99. The first-order valence-corrected chi connectivity index (χ1v) is 7.92. The average Bonchev–Trinajstić information content (AvgIpc) is 2.82. The van der Waals surface area contributed by atoms with Gasteiger partial charge in [-0.05, 0) is 37.5 Å². The minimum Gasteiger partial charge on any atom is -0.310 e. The number of rotatable bonds is 6. The van der Waals surface area contributed by atoms with E-state index in [0.717, 1.165) is 23.7 Å². The monoisotopic (exact) mass is 293 g/mol. The Hall–Kier alpha value is -0.830. The summed E-state index contributed by atoms with van der Waals surface area (Å²) < 4.78 is 0.876. The third-order valence-electron chi connectivity index (χ3n) is 3.28. The molecular weight excluding hydrogens is 274 g/mol. The van der Waals surface area contributed by atoms with Crippen LogP contribution in [0.4, 0.5) is 0 Å². The van der Waals surface area contributed by atoms with Crippen LogP contribution in [-0.4, -0.2) is 6.54 Å². The molecule has 0 aliphatic heterocycles. The fourth-order valence-electron chi connectivity index (χ4n) is 2.15. The number of thiophene rings is 1. The van der Waals surface area contributed by atoms with E-state index in [1.165, 1.54) is 16.0 Å². The van der Waals surface area contributed by atoms with Gasteiger partial charge in [0.25, 0.3) is 0 Å². The first kappa shape index (κ1) is 14.6. The molecule has 1 atom stereocenters. The van der Waals surface area contributed by atoms with Crippen LogP contribution in [0.25, 0.3) is 0 Å². The summed E-state index contributed by atoms with van der Waals surface area (Å²) in [4.78, 5) is 1.34. The fraction of sp³-hybridized carbons (Fsp3) is 0.375. The summed E-state index contributed by atoms with van der Waals surface area (Å²) in [5, 5.41) is 3.63. The second-order valence-electron chi connectivity index (χ2n) is 4.78. The SMILES string of the molecule is CCC(NCCc1ccc(Cl)s1)c1ccc(C)cc1. The summed E-state index contributed by atoms with van der Waals surface area (Å²) in [6, 6.07) is 13.3. The molecule has 3 heteroatoms. The Kier molecular flexibility index (Phi) is 5.44. The van der Waals surface area contributed by atoms with Crippen molar-refractivity contribution >= 4 is 22.9 Å². The third kappa shape index (κ3) is 4.34. The lowest BCUT2D eigenvalue weighted by Crippen LogP contribution is -2.23. The smallest absolute Gasteiger partial charge is 0.0931 e. The van der Waals surface area contributed by atoms with Crippen LogP contribution in [0.3, 0.4) is 0 Å². The molecule has 0 fully saturated rings. The van der Waals surface area contributed by atoms with Gasteiger partial charge in [-0.1, -0.05) is 48.4 Å². The summed E-state index contributed by atoms with van der Waals surface area (Å²) in [6.07, 6.45) is 2.15. The van der Waals surface area contributed by atoms with Gasteiger partial charge in [0.05, 0.1) is 4.34 Å². The molecule has 1 heterocycles. The highest BCUT2D eigenvalue weighted by molar-refractivity contribution is 7.16. The normalized spacial score (nSPS) is 12.6. The van der Waals surface area contributed by atoms with Gasteiger partial charge in [0, 0.05) is 17.5 Å². The van der Waals surface area contributed by atoms with Crippen molar-refractivity contribution in [3.8, 4) is 0 Å². The maximum atomic E-state index is 5.94. The quantitative estimate of drug-likeness (QED) is 0.791. The molecule has 1 N–H and O–H groups in total. The van der Waals surface area contributed by atoms with Crippen molar-refractivity contribution in [1.82, 2.24) is 5.32 Å². The number of aryl methyl sites for hydroxylation is 1. The molecule has 19 heavy (non-hydrogen) atoms. The Labute approximate surface area is 124 Å². The second-order valence-corrected chi connectivity index (χ2v) is 6.58. The molecule has 0 saturated heterocycles. The van der Waals surface area contributed by atoms with Crippen molar-refractivity contribution in [2.24, 2.45) is 0 Å². The van der Waals surface area contributed by atoms with Gasteiger partial charge in [0.2, 0.25) is 0 Å². The van der Waals surface area contributed by atoms with Gasteiger partial charge < -0.3 is 5.32 Å². The molecule has 1 aromatic heterocycles. The van der Waals surface area contributed by atoms with E-state index in [4.69, 9.17) is 11.6 Å². The van der Waals surface area contributed by atoms with Crippen LogP contribution in [0.15, 0.2) is 36.4 Å². The van der Waals surface area contributed by atoms with Gasteiger partial charge in [-0.25, -0.2) is 0 Å².